The van der Waals surface area contributed by atoms with Gasteiger partial charge in [0.15, 0.2) is 0 Å². The molecule has 10 rings (SSSR count). The molecule has 0 spiro atoms. The summed E-state index contributed by atoms with van der Waals surface area (Å²) in [7, 11) is -0.539. The quantitative estimate of drug-likeness (QED) is 0.136. The van der Waals surface area contributed by atoms with E-state index in [1.165, 1.54) is 33.4 Å². The molecule has 0 saturated carbocycles. The van der Waals surface area contributed by atoms with Crippen molar-refractivity contribution in [1.82, 2.24) is 9.97 Å². The highest BCUT2D eigenvalue weighted by atomic mass is 16.7. The first-order chi connectivity index (χ1) is 31.1. The van der Waals surface area contributed by atoms with Crippen LogP contribution in [0.15, 0.2) is 194 Å². The molecular formula is C59H51BN2O2. The molecule has 0 bridgehead atoms. The number of allylic oxidation sites excluding steroid dienone is 4. The summed E-state index contributed by atoms with van der Waals surface area (Å²) in [4.78, 5) is 10.0. The highest BCUT2D eigenvalue weighted by Gasteiger charge is 2.52. The zero-order valence-corrected chi connectivity index (χ0v) is 37.2. The summed E-state index contributed by atoms with van der Waals surface area (Å²) in [5, 5.41) is 0. The summed E-state index contributed by atoms with van der Waals surface area (Å²) in [6.45, 7) is 10.6. The van der Waals surface area contributed by atoms with Crippen LogP contribution in [-0.4, -0.2) is 28.3 Å². The highest BCUT2D eigenvalue weighted by Crippen LogP contribution is 2.43. The van der Waals surface area contributed by atoms with Crippen LogP contribution in [0.1, 0.15) is 57.2 Å². The van der Waals surface area contributed by atoms with E-state index in [0.717, 1.165) is 79.8 Å². The van der Waals surface area contributed by atoms with Gasteiger partial charge in [-0.1, -0.05) is 164 Å². The van der Waals surface area contributed by atoms with Crippen LogP contribution < -0.4 is 5.46 Å². The van der Waals surface area contributed by atoms with E-state index in [2.05, 4.69) is 211 Å². The Balaban J connectivity index is 1.09. The Bertz CT molecular complexity index is 3030. The molecule has 0 N–H and O–H groups in total. The van der Waals surface area contributed by atoms with E-state index in [0.29, 0.717) is 0 Å². The van der Waals surface area contributed by atoms with E-state index in [-0.39, 0.29) is 0 Å². The van der Waals surface area contributed by atoms with Crippen molar-refractivity contribution in [1.29, 1.82) is 0 Å². The van der Waals surface area contributed by atoms with Gasteiger partial charge in [0.2, 0.25) is 0 Å². The van der Waals surface area contributed by atoms with Crippen LogP contribution in [-0.2, 0) is 9.31 Å². The largest absolute Gasteiger partial charge is 0.494 e. The van der Waals surface area contributed by atoms with Gasteiger partial charge < -0.3 is 9.31 Å². The van der Waals surface area contributed by atoms with Crippen molar-refractivity contribution in [2.75, 3.05) is 0 Å². The molecule has 312 valence electrons. The van der Waals surface area contributed by atoms with Crippen molar-refractivity contribution >= 4 is 23.7 Å². The summed E-state index contributed by atoms with van der Waals surface area (Å²) in [5.41, 5.74) is 19.2. The fraction of sp³-hybridized carbons (Fsp3) is 0.153. The summed E-state index contributed by atoms with van der Waals surface area (Å²) in [5.74, 6) is 0. The number of nitrogens with zero attached hydrogens (tertiary/aromatic N) is 2. The molecule has 1 fully saturated rings. The van der Waals surface area contributed by atoms with Gasteiger partial charge in [-0.2, -0.15) is 0 Å². The number of aromatic nitrogens is 2. The Kier molecular flexibility index (Phi) is 10.9. The minimum atomic E-state index is -0.539. The standard InChI is InChI=1S/C59H51BN2O2/c1-40-33-56(61-38-54(40)42-21-11-7-12-22-42)45-31-29-43(30-32-45)49-25-15-16-26-50(49)46-34-47(36-48(35-46)60-63-58(2,3)59(4,5)64-60)51-27-17-18-28-52(51)55-39-62-57(44-23-13-8-14-24-44)37-53(55)41-19-9-6-10-20-41/h6-17,19-27,29-39H,18,28H2,1-5H3. The van der Waals surface area contributed by atoms with Gasteiger partial charge in [0.1, 0.15) is 0 Å². The third-order valence-corrected chi connectivity index (χ3v) is 13.3. The Morgan fingerprint density at radius 1 is 0.453 bits per heavy atom. The van der Waals surface area contributed by atoms with Crippen molar-refractivity contribution in [2.45, 2.75) is 58.7 Å². The summed E-state index contributed by atoms with van der Waals surface area (Å²) >= 11 is 0. The van der Waals surface area contributed by atoms with Gasteiger partial charge in [-0.05, 0) is 132 Å². The van der Waals surface area contributed by atoms with Crippen LogP contribution in [0, 0.1) is 6.92 Å². The maximum absolute atomic E-state index is 6.77. The Morgan fingerprint density at radius 3 is 1.56 bits per heavy atom. The lowest BCUT2D eigenvalue weighted by atomic mass is 9.75. The van der Waals surface area contributed by atoms with Crippen molar-refractivity contribution in [2.24, 2.45) is 0 Å². The first kappa shape index (κ1) is 41.1. The summed E-state index contributed by atoms with van der Waals surface area (Å²) < 4.78 is 13.5. The number of aryl methyl sites for hydroxylation is 1. The molecule has 8 aromatic rings. The van der Waals surface area contributed by atoms with Crippen molar-refractivity contribution < 1.29 is 9.31 Å². The molecule has 1 aliphatic carbocycles. The third-order valence-electron chi connectivity index (χ3n) is 13.3. The van der Waals surface area contributed by atoms with Gasteiger partial charge in [-0.15, -0.1) is 0 Å². The normalized spacial score (nSPS) is 15.4. The first-order valence-electron chi connectivity index (χ1n) is 22.4. The van der Waals surface area contributed by atoms with Crippen molar-refractivity contribution in [3.8, 4) is 67.0 Å². The Morgan fingerprint density at radius 2 is 0.938 bits per heavy atom. The average Bonchev–Trinajstić information content (AvgIpc) is 3.57. The number of hydrogen-bond donors (Lipinski definition) is 0. The van der Waals surface area contributed by atoms with Crippen LogP contribution in [0.2, 0.25) is 0 Å². The topological polar surface area (TPSA) is 44.2 Å². The van der Waals surface area contributed by atoms with Crippen LogP contribution >= 0.6 is 0 Å². The predicted molar refractivity (Wildman–Crippen MR) is 267 cm³/mol. The second-order valence-corrected chi connectivity index (χ2v) is 18.0. The van der Waals surface area contributed by atoms with E-state index in [4.69, 9.17) is 19.3 Å². The van der Waals surface area contributed by atoms with E-state index in [1.807, 2.05) is 18.3 Å². The van der Waals surface area contributed by atoms with Crippen LogP contribution in [0.25, 0.3) is 78.2 Å². The van der Waals surface area contributed by atoms with Crippen LogP contribution in [0.4, 0.5) is 0 Å². The SMILES string of the molecule is Cc1cc(-c2ccc(-c3ccccc3-c3cc(B4OC(C)(C)C(C)(C)O4)cc(C4=C(c5cnc(-c6ccccc6)cc5-c5ccccc5)CCC=C4)c3)cc2)ncc1-c1ccccc1. The summed E-state index contributed by atoms with van der Waals surface area (Å²) in [6.07, 6.45) is 10.5. The average molecular weight is 831 g/mol. The summed E-state index contributed by atoms with van der Waals surface area (Å²) in [6, 6.07) is 60.5. The van der Waals surface area contributed by atoms with Gasteiger partial charge in [0.05, 0.1) is 22.6 Å². The molecule has 0 amide bonds. The Labute approximate surface area is 378 Å². The number of hydrogen-bond acceptors (Lipinski definition) is 4. The van der Waals surface area contributed by atoms with E-state index in [9.17, 15) is 0 Å². The maximum atomic E-state index is 6.77. The lowest BCUT2D eigenvalue weighted by Crippen LogP contribution is -2.41. The zero-order valence-electron chi connectivity index (χ0n) is 37.2. The first-order valence-corrected chi connectivity index (χ1v) is 22.4. The molecule has 0 atom stereocenters. The number of benzene rings is 6. The number of pyridine rings is 2. The fourth-order valence-corrected chi connectivity index (χ4v) is 9.05. The van der Waals surface area contributed by atoms with Crippen molar-refractivity contribution in [3.63, 3.8) is 0 Å². The van der Waals surface area contributed by atoms with Gasteiger partial charge >= 0.3 is 7.12 Å². The Hall–Kier alpha value is -6.92. The number of rotatable bonds is 9. The van der Waals surface area contributed by atoms with E-state index >= 15 is 0 Å². The lowest BCUT2D eigenvalue weighted by Gasteiger charge is -2.32. The molecular weight excluding hydrogens is 779 g/mol. The minimum absolute atomic E-state index is 0.491. The predicted octanol–water partition coefficient (Wildman–Crippen LogP) is 14.3. The van der Waals surface area contributed by atoms with Gasteiger partial charge in [-0.3, -0.25) is 9.97 Å². The van der Waals surface area contributed by atoms with Gasteiger partial charge in [0, 0.05) is 34.6 Å². The second kappa shape index (κ2) is 17.0. The smallest absolute Gasteiger partial charge is 0.399 e. The van der Waals surface area contributed by atoms with Crippen LogP contribution in [0.3, 0.4) is 0 Å². The van der Waals surface area contributed by atoms with Gasteiger partial charge in [0.25, 0.3) is 0 Å². The maximum Gasteiger partial charge on any atom is 0.494 e. The zero-order chi connectivity index (χ0) is 43.8. The fourth-order valence-electron chi connectivity index (χ4n) is 9.05. The third kappa shape index (κ3) is 7.98. The van der Waals surface area contributed by atoms with Crippen molar-refractivity contribution in [3.05, 3.63) is 211 Å². The molecule has 64 heavy (non-hydrogen) atoms. The molecule has 1 aliphatic heterocycles. The molecule has 0 radical (unpaired) electrons. The molecule has 3 heterocycles. The molecule has 4 nitrogen and oxygen atoms in total. The van der Waals surface area contributed by atoms with E-state index in [1.54, 1.807) is 0 Å². The van der Waals surface area contributed by atoms with E-state index < -0.39 is 18.3 Å². The lowest BCUT2D eigenvalue weighted by molar-refractivity contribution is 0.00578. The monoisotopic (exact) mass is 830 g/mol. The minimum Gasteiger partial charge on any atom is -0.399 e. The van der Waals surface area contributed by atoms with Gasteiger partial charge in [-0.25, -0.2) is 0 Å². The molecule has 0 unspecified atom stereocenters. The highest BCUT2D eigenvalue weighted by molar-refractivity contribution is 6.62. The molecule has 5 heteroatoms. The molecule has 6 aromatic carbocycles. The molecule has 2 aromatic heterocycles. The molecule has 1 saturated heterocycles. The van der Waals surface area contributed by atoms with Crippen LogP contribution in [0.5, 0.6) is 0 Å². The molecule has 2 aliphatic rings. The second-order valence-electron chi connectivity index (χ2n) is 18.0.